The summed E-state index contributed by atoms with van der Waals surface area (Å²) in [5.74, 6) is 0.742. The van der Waals surface area contributed by atoms with Crippen molar-refractivity contribution in [3.05, 3.63) is 40.5 Å². The lowest BCUT2D eigenvalue weighted by Crippen LogP contribution is -2.06. The van der Waals surface area contributed by atoms with Crippen molar-refractivity contribution in [2.24, 2.45) is 0 Å². The van der Waals surface area contributed by atoms with Crippen molar-refractivity contribution in [3.8, 4) is 0 Å². The van der Waals surface area contributed by atoms with Gasteiger partial charge >= 0.3 is 6.18 Å². The van der Waals surface area contributed by atoms with E-state index in [4.69, 9.17) is 0 Å². The molecule has 0 aliphatic carbocycles. The van der Waals surface area contributed by atoms with Gasteiger partial charge in [0.2, 0.25) is 5.95 Å². The van der Waals surface area contributed by atoms with E-state index in [2.05, 4.69) is 36.5 Å². The van der Waals surface area contributed by atoms with Crippen molar-refractivity contribution >= 4 is 33.4 Å². The SMILES string of the molecule is CNc1ncc(Br)c(Nc2cccc(C(F)(F)F)c2)n1. The minimum atomic E-state index is -4.38. The van der Waals surface area contributed by atoms with E-state index in [9.17, 15) is 13.2 Å². The topological polar surface area (TPSA) is 49.8 Å². The second-order valence-electron chi connectivity index (χ2n) is 3.84. The fraction of sp³-hybridized carbons (Fsp3) is 0.167. The van der Waals surface area contributed by atoms with Gasteiger partial charge in [-0.25, -0.2) is 4.98 Å². The second-order valence-corrected chi connectivity index (χ2v) is 4.70. The highest BCUT2D eigenvalue weighted by Crippen LogP contribution is 2.32. The van der Waals surface area contributed by atoms with Gasteiger partial charge in [0.05, 0.1) is 10.0 Å². The highest BCUT2D eigenvalue weighted by atomic mass is 79.9. The maximum absolute atomic E-state index is 12.6. The number of halogens is 4. The molecule has 0 saturated carbocycles. The smallest absolute Gasteiger partial charge is 0.357 e. The van der Waals surface area contributed by atoms with Crippen LogP contribution in [0.3, 0.4) is 0 Å². The van der Waals surface area contributed by atoms with Crippen LogP contribution in [0.5, 0.6) is 0 Å². The molecule has 2 N–H and O–H groups in total. The maximum Gasteiger partial charge on any atom is 0.416 e. The lowest BCUT2D eigenvalue weighted by Gasteiger charge is -2.11. The predicted molar refractivity (Wildman–Crippen MR) is 74.0 cm³/mol. The number of nitrogens with zero attached hydrogens (tertiary/aromatic N) is 2. The zero-order valence-corrected chi connectivity index (χ0v) is 11.9. The first-order chi connectivity index (χ1) is 9.40. The van der Waals surface area contributed by atoms with Gasteiger partial charge in [0, 0.05) is 18.9 Å². The zero-order valence-electron chi connectivity index (χ0n) is 10.3. The Morgan fingerprint density at radius 2 is 2.00 bits per heavy atom. The molecule has 1 aromatic carbocycles. The van der Waals surface area contributed by atoms with Gasteiger partial charge < -0.3 is 10.6 Å². The summed E-state index contributed by atoms with van der Waals surface area (Å²) >= 11 is 3.24. The van der Waals surface area contributed by atoms with E-state index >= 15 is 0 Å². The molecule has 8 heteroatoms. The van der Waals surface area contributed by atoms with Crippen LogP contribution in [0.15, 0.2) is 34.9 Å². The summed E-state index contributed by atoms with van der Waals surface area (Å²) in [7, 11) is 1.65. The van der Waals surface area contributed by atoms with Crippen LogP contribution in [0.25, 0.3) is 0 Å². The van der Waals surface area contributed by atoms with Crippen molar-refractivity contribution in [3.63, 3.8) is 0 Å². The predicted octanol–water partition coefficient (Wildman–Crippen LogP) is 4.04. The molecule has 4 nitrogen and oxygen atoms in total. The van der Waals surface area contributed by atoms with Crippen molar-refractivity contribution in [1.82, 2.24) is 9.97 Å². The molecule has 0 bridgehead atoms. The summed E-state index contributed by atoms with van der Waals surface area (Å²) in [6.45, 7) is 0. The van der Waals surface area contributed by atoms with Crippen LogP contribution in [0.1, 0.15) is 5.56 Å². The Bertz CT molecular complexity index is 616. The Morgan fingerprint density at radius 1 is 1.25 bits per heavy atom. The van der Waals surface area contributed by atoms with E-state index in [1.165, 1.54) is 18.3 Å². The van der Waals surface area contributed by atoms with Gasteiger partial charge in [-0.3, -0.25) is 0 Å². The molecule has 0 spiro atoms. The molecule has 2 aromatic rings. The van der Waals surface area contributed by atoms with Gasteiger partial charge in [-0.2, -0.15) is 18.2 Å². The standard InChI is InChI=1S/C12H10BrF3N4/c1-17-11-18-6-9(13)10(20-11)19-8-4-2-3-7(5-8)12(14,15)16/h2-6H,1H3,(H2,17,18,19,20). The number of nitrogens with one attached hydrogen (secondary N) is 2. The molecule has 106 valence electrons. The summed E-state index contributed by atoms with van der Waals surface area (Å²) in [6, 6.07) is 4.90. The molecule has 1 heterocycles. The Balaban J connectivity index is 2.30. The molecule has 1 aromatic heterocycles. The average Bonchev–Trinajstić information content (AvgIpc) is 2.41. The van der Waals surface area contributed by atoms with Crippen LogP contribution in [0, 0.1) is 0 Å². The van der Waals surface area contributed by atoms with Gasteiger partial charge in [-0.15, -0.1) is 0 Å². The molecule has 0 aliphatic rings. The summed E-state index contributed by atoms with van der Waals surface area (Å²) in [6.07, 6.45) is -2.87. The second kappa shape index (κ2) is 5.66. The lowest BCUT2D eigenvalue weighted by atomic mass is 10.2. The molecular formula is C12H10BrF3N4. The molecule has 0 amide bonds. The lowest BCUT2D eigenvalue weighted by molar-refractivity contribution is -0.137. The summed E-state index contributed by atoms with van der Waals surface area (Å²) in [4.78, 5) is 8.08. The quantitative estimate of drug-likeness (QED) is 0.880. The van der Waals surface area contributed by atoms with Gasteiger partial charge in [0.25, 0.3) is 0 Å². The van der Waals surface area contributed by atoms with E-state index in [1.807, 2.05) is 0 Å². The minimum Gasteiger partial charge on any atom is -0.357 e. The van der Waals surface area contributed by atoms with Crippen molar-refractivity contribution in [2.75, 3.05) is 17.7 Å². The summed E-state index contributed by atoms with van der Waals surface area (Å²) in [5.41, 5.74) is -0.428. The molecule has 0 fully saturated rings. The molecule has 0 radical (unpaired) electrons. The van der Waals surface area contributed by atoms with Crippen LogP contribution in [-0.2, 0) is 6.18 Å². The third kappa shape index (κ3) is 3.38. The first kappa shape index (κ1) is 14.6. The number of hydrogen-bond acceptors (Lipinski definition) is 4. The Morgan fingerprint density at radius 3 is 2.65 bits per heavy atom. The van der Waals surface area contributed by atoms with Gasteiger partial charge in [-0.1, -0.05) is 6.07 Å². The molecule has 0 atom stereocenters. The highest BCUT2D eigenvalue weighted by molar-refractivity contribution is 9.10. The van der Waals surface area contributed by atoms with E-state index < -0.39 is 11.7 Å². The van der Waals surface area contributed by atoms with Crippen LogP contribution < -0.4 is 10.6 Å². The van der Waals surface area contributed by atoms with Crippen LogP contribution in [-0.4, -0.2) is 17.0 Å². The monoisotopic (exact) mass is 346 g/mol. The number of anilines is 3. The largest absolute Gasteiger partial charge is 0.416 e. The first-order valence-electron chi connectivity index (χ1n) is 5.54. The summed E-state index contributed by atoms with van der Waals surface area (Å²) in [5, 5.41) is 5.57. The minimum absolute atomic E-state index is 0.293. The fourth-order valence-corrected chi connectivity index (χ4v) is 1.78. The van der Waals surface area contributed by atoms with Gasteiger partial charge in [0.15, 0.2) is 0 Å². The Labute approximate surface area is 121 Å². The van der Waals surface area contributed by atoms with E-state index in [0.717, 1.165) is 12.1 Å². The normalized spacial score (nSPS) is 11.2. The third-order valence-corrected chi connectivity index (χ3v) is 3.00. The molecule has 20 heavy (non-hydrogen) atoms. The average molecular weight is 347 g/mol. The van der Waals surface area contributed by atoms with E-state index in [-0.39, 0.29) is 0 Å². The van der Waals surface area contributed by atoms with Crippen LogP contribution in [0.2, 0.25) is 0 Å². The molecule has 0 aliphatic heterocycles. The van der Waals surface area contributed by atoms with Crippen molar-refractivity contribution < 1.29 is 13.2 Å². The number of alkyl halides is 3. The zero-order chi connectivity index (χ0) is 14.8. The molecule has 0 saturated heterocycles. The molecule has 0 unspecified atom stereocenters. The molecular weight excluding hydrogens is 337 g/mol. The maximum atomic E-state index is 12.6. The van der Waals surface area contributed by atoms with Crippen LogP contribution in [0.4, 0.5) is 30.6 Å². The van der Waals surface area contributed by atoms with Crippen molar-refractivity contribution in [1.29, 1.82) is 0 Å². The highest BCUT2D eigenvalue weighted by Gasteiger charge is 2.30. The summed E-state index contributed by atoms with van der Waals surface area (Å²) < 4.78 is 38.4. The van der Waals surface area contributed by atoms with Gasteiger partial charge in [-0.05, 0) is 34.1 Å². The Hall–Kier alpha value is -1.83. The third-order valence-electron chi connectivity index (χ3n) is 2.42. The number of benzene rings is 1. The fourth-order valence-electron chi connectivity index (χ4n) is 1.49. The van der Waals surface area contributed by atoms with E-state index in [1.54, 1.807) is 7.05 Å². The number of hydrogen-bond donors (Lipinski definition) is 2. The van der Waals surface area contributed by atoms with Gasteiger partial charge in [0.1, 0.15) is 5.82 Å². The Kier molecular flexibility index (Phi) is 4.12. The van der Waals surface area contributed by atoms with Crippen LogP contribution >= 0.6 is 15.9 Å². The first-order valence-corrected chi connectivity index (χ1v) is 6.34. The van der Waals surface area contributed by atoms with E-state index in [0.29, 0.717) is 21.9 Å². The molecule has 2 rings (SSSR count). The number of aromatic nitrogens is 2. The number of rotatable bonds is 3. The van der Waals surface area contributed by atoms with Crippen molar-refractivity contribution in [2.45, 2.75) is 6.18 Å².